The summed E-state index contributed by atoms with van der Waals surface area (Å²) < 4.78 is 78.5. The number of nitrogens with zero attached hydrogens (tertiary/aromatic N) is 3. The van der Waals surface area contributed by atoms with Crippen molar-refractivity contribution in [1.29, 1.82) is 0 Å². The number of halogens is 4. The number of fused-ring (bicyclic) bond motifs is 1. The molecule has 0 aliphatic rings. The van der Waals surface area contributed by atoms with E-state index in [2.05, 4.69) is 15.3 Å². The third-order valence-electron chi connectivity index (χ3n) is 5.04. The molecule has 11 heteroatoms. The van der Waals surface area contributed by atoms with Crippen molar-refractivity contribution >= 4 is 22.9 Å². The van der Waals surface area contributed by atoms with Crippen LogP contribution < -0.4 is 11.1 Å². The second-order valence-electron chi connectivity index (χ2n) is 7.48. The van der Waals surface area contributed by atoms with E-state index in [0.29, 0.717) is 11.8 Å². The van der Waals surface area contributed by atoms with Crippen molar-refractivity contribution in [3.8, 4) is 11.3 Å². The van der Waals surface area contributed by atoms with Crippen LogP contribution in [0.15, 0.2) is 48.7 Å². The fourth-order valence-electron chi connectivity index (χ4n) is 3.48. The lowest BCUT2D eigenvalue weighted by atomic mass is 10.0. The van der Waals surface area contributed by atoms with Gasteiger partial charge in [-0.2, -0.15) is 13.2 Å². The van der Waals surface area contributed by atoms with Crippen LogP contribution in [0, 0.1) is 19.6 Å². The Morgan fingerprint density at radius 2 is 2.00 bits per heavy atom. The molecule has 1 amide bonds. The molecule has 2 aromatic carbocycles. The average molecular weight is 476 g/mol. The third-order valence-corrected chi connectivity index (χ3v) is 5.04. The van der Waals surface area contributed by atoms with Gasteiger partial charge >= 0.3 is 6.18 Å². The maximum absolute atomic E-state index is 15.1. The molecule has 7 nitrogen and oxygen atoms in total. The minimum atomic E-state index is -4.67. The second-order valence-corrected chi connectivity index (χ2v) is 7.48. The molecule has 0 saturated heterocycles. The molecule has 1 unspecified atom stereocenters. The number of amides is 1. The van der Waals surface area contributed by atoms with Crippen molar-refractivity contribution in [3.05, 3.63) is 77.1 Å². The second kappa shape index (κ2) is 8.41. The molecule has 176 valence electrons. The maximum Gasteiger partial charge on any atom is 0.416 e. The number of nitrogens with two attached hydrogens (primary N) is 1. The van der Waals surface area contributed by atoms with Gasteiger partial charge in [0.1, 0.15) is 28.7 Å². The van der Waals surface area contributed by atoms with Crippen LogP contribution in [0.4, 0.5) is 29.1 Å². The van der Waals surface area contributed by atoms with Crippen molar-refractivity contribution in [2.75, 3.05) is 11.1 Å². The number of aliphatic hydroxyl groups is 1. The van der Waals surface area contributed by atoms with E-state index < -0.39 is 36.4 Å². The number of aromatic nitrogens is 3. The number of alkyl halides is 3. The number of nitrogen functional groups attached to an aromatic ring is 1. The number of aliphatic hydroxyl groups excluding tert-OH is 1. The molecule has 4 rings (SSSR count). The Labute approximate surface area is 195 Å². The van der Waals surface area contributed by atoms with Crippen LogP contribution in [-0.4, -0.2) is 25.4 Å². The molecule has 1 atom stereocenters. The zero-order valence-electron chi connectivity index (χ0n) is 20.5. The Kier molecular flexibility index (Phi) is 4.82. The van der Waals surface area contributed by atoms with Crippen LogP contribution in [0.5, 0.6) is 0 Å². The van der Waals surface area contributed by atoms with Gasteiger partial charge in [0.25, 0.3) is 5.91 Å². The van der Waals surface area contributed by atoms with E-state index in [4.69, 9.17) is 9.85 Å². The summed E-state index contributed by atoms with van der Waals surface area (Å²) in [5.74, 6) is -2.43. The van der Waals surface area contributed by atoms with Gasteiger partial charge in [0, 0.05) is 21.6 Å². The van der Waals surface area contributed by atoms with Gasteiger partial charge in [-0.1, -0.05) is 12.1 Å². The minimum absolute atomic E-state index is 0.0704. The van der Waals surface area contributed by atoms with Gasteiger partial charge in [0.05, 0.1) is 11.3 Å². The first-order valence-electron chi connectivity index (χ1n) is 11.3. The number of anilines is 2. The number of hydrogen-bond donors (Lipinski definition) is 3. The van der Waals surface area contributed by atoms with Crippen LogP contribution in [0.25, 0.3) is 16.8 Å². The van der Waals surface area contributed by atoms with Gasteiger partial charge in [-0.25, -0.2) is 14.4 Å². The highest BCUT2D eigenvalue weighted by molar-refractivity contribution is 5.95. The number of hydrogen-bond acceptors (Lipinski definition) is 5. The Hall–Kier alpha value is -3.99. The molecule has 34 heavy (non-hydrogen) atoms. The minimum Gasteiger partial charge on any atom is -0.382 e. The summed E-state index contributed by atoms with van der Waals surface area (Å²) in [6.07, 6.45) is -5.22. The summed E-state index contributed by atoms with van der Waals surface area (Å²) in [5, 5.41) is 12.5. The maximum atomic E-state index is 15.1. The van der Waals surface area contributed by atoms with Gasteiger partial charge in [-0.3, -0.25) is 9.20 Å². The monoisotopic (exact) mass is 476 g/mol. The first-order chi connectivity index (χ1) is 17.2. The molecule has 2 aromatic heterocycles. The van der Waals surface area contributed by atoms with Crippen molar-refractivity contribution in [1.82, 2.24) is 14.4 Å². The number of benzene rings is 2. The fourth-order valence-corrected chi connectivity index (χ4v) is 3.48. The van der Waals surface area contributed by atoms with Gasteiger partial charge in [0.15, 0.2) is 6.10 Å². The highest BCUT2D eigenvalue weighted by atomic mass is 19.4. The topological polar surface area (TPSA) is 106 Å². The number of imidazole rings is 1. The number of carbonyl (C=O) groups excluding carboxylic acids is 1. The summed E-state index contributed by atoms with van der Waals surface area (Å²) in [5.41, 5.74) is 4.80. The fraction of sp³-hybridized carbons (Fsp3) is 0.174. The molecule has 0 aliphatic carbocycles. The number of rotatable bonds is 4. The van der Waals surface area contributed by atoms with E-state index in [-0.39, 0.29) is 39.7 Å². The molecule has 0 fully saturated rings. The van der Waals surface area contributed by atoms with Crippen LogP contribution in [0.1, 0.15) is 32.9 Å². The van der Waals surface area contributed by atoms with E-state index in [0.717, 1.165) is 24.3 Å². The molecule has 4 N–H and O–H groups in total. The standard InChI is InChI=1S/C23H19F4N5O2/c1-11-10-32-12(2)30-18(19(32)21(28)29-11)16-7-6-15(9-17(16)24)31-22(34)20(33)13-4-3-5-14(8-13)23(25,26)27/h3-10,20,33H,1-2H3,(H2,28,29)(H,31,34)/i2D3. The van der Waals surface area contributed by atoms with Crippen LogP contribution >= 0.6 is 0 Å². The first-order valence-corrected chi connectivity index (χ1v) is 9.78. The van der Waals surface area contributed by atoms with Gasteiger partial charge < -0.3 is 16.2 Å². The SMILES string of the molecule is [2H]C([2H])([2H])c1nc(-c2ccc(NC(=O)C(O)c3cccc(C(F)(F)F)c3)cc2F)c2c(N)nc(C)cn12. The number of carbonyl (C=O) groups is 1. The zero-order chi connectivity index (χ0) is 27.3. The van der Waals surface area contributed by atoms with E-state index in [1.54, 1.807) is 6.92 Å². The van der Waals surface area contributed by atoms with Crippen LogP contribution in [0.3, 0.4) is 0 Å². The van der Waals surface area contributed by atoms with E-state index in [9.17, 15) is 23.1 Å². The summed E-state index contributed by atoms with van der Waals surface area (Å²) in [4.78, 5) is 20.6. The molecule has 0 aliphatic heterocycles. The van der Waals surface area contributed by atoms with Crippen LogP contribution in [-0.2, 0) is 11.0 Å². The Balaban J connectivity index is 1.66. The van der Waals surface area contributed by atoms with Crippen molar-refractivity contribution in [2.24, 2.45) is 0 Å². The predicted molar refractivity (Wildman–Crippen MR) is 117 cm³/mol. The highest BCUT2D eigenvalue weighted by Gasteiger charge is 2.31. The van der Waals surface area contributed by atoms with E-state index >= 15 is 4.39 Å². The third kappa shape index (κ3) is 4.29. The smallest absolute Gasteiger partial charge is 0.382 e. The summed E-state index contributed by atoms with van der Waals surface area (Å²) in [6, 6.07) is 7.00. The lowest BCUT2D eigenvalue weighted by molar-refractivity contribution is -0.138. The van der Waals surface area contributed by atoms with Gasteiger partial charge in [-0.05, 0) is 49.7 Å². The number of nitrogens with one attached hydrogen (secondary N) is 1. The zero-order valence-corrected chi connectivity index (χ0v) is 17.5. The summed E-state index contributed by atoms with van der Waals surface area (Å²) >= 11 is 0. The Morgan fingerprint density at radius 3 is 2.68 bits per heavy atom. The molecular formula is C23H19F4N5O2. The van der Waals surface area contributed by atoms with E-state index in [1.165, 1.54) is 22.7 Å². The molecular weight excluding hydrogens is 454 g/mol. The molecule has 0 spiro atoms. The van der Waals surface area contributed by atoms with Gasteiger partial charge in [-0.15, -0.1) is 0 Å². The normalized spacial score (nSPS) is 14.4. The quantitative estimate of drug-likeness (QED) is 0.378. The Bertz CT molecular complexity index is 1520. The lowest BCUT2D eigenvalue weighted by Gasteiger charge is -2.14. The molecule has 2 heterocycles. The molecule has 0 saturated carbocycles. The molecule has 0 radical (unpaired) electrons. The number of aryl methyl sites for hydroxylation is 2. The Morgan fingerprint density at radius 1 is 1.24 bits per heavy atom. The first kappa shape index (κ1) is 19.5. The van der Waals surface area contributed by atoms with Crippen molar-refractivity contribution < 1.29 is 31.6 Å². The lowest BCUT2D eigenvalue weighted by Crippen LogP contribution is -2.21. The summed E-state index contributed by atoms with van der Waals surface area (Å²) in [6.45, 7) is -1.05. The largest absolute Gasteiger partial charge is 0.416 e. The highest BCUT2D eigenvalue weighted by Crippen LogP contribution is 2.33. The molecule has 0 bridgehead atoms. The average Bonchev–Trinajstić information content (AvgIpc) is 3.18. The summed E-state index contributed by atoms with van der Waals surface area (Å²) in [7, 11) is 0. The van der Waals surface area contributed by atoms with Gasteiger partial charge in [0.2, 0.25) is 0 Å². The van der Waals surface area contributed by atoms with Crippen LogP contribution in [0.2, 0.25) is 0 Å². The van der Waals surface area contributed by atoms with E-state index in [1.807, 2.05) is 0 Å². The van der Waals surface area contributed by atoms with Crippen molar-refractivity contribution in [3.63, 3.8) is 0 Å². The molecule has 4 aromatic rings. The predicted octanol–water partition coefficient (Wildman–Crippen LogP) is 4.43. The van der Waals surface area contributed by atoms with Crippen molar-refractivity contribution in [2.45, 2.75) is 26.1 Å².